The highest BCUT2D eigenvalue weighted by molar-refractivity contribution is 5.26. The minimum Gasteiger partial charge on any atom is -0.359 e. The molecule has 2 nitrogen and oxygen atoms in total. The summed E-state index contributed by atoms with van der Waals surface area (Å²) in [5.41, 5.74) is 1.43. The Balaban J connectivity index is 1.97. The minimum atomic E-state index is 0.0648. The molecule has 0 radical (unpaired) electrons. The number of epoxide rings is 1. The van der Waals surface area contributed by atoms with Crippen LogP contribution in [0.1, 0.15) is 32.4 Å². The molecule has 4 atom stereocenters. The molecular formula is C13H19NO. The Bertz CT molecular complexity index is 384. The molecule has 2 heterocycles. The van der Waals surface area contributed by atoms with Crippen LogP contribution >= 0.6 is 0 Å². The summed E-state index contributed by atoms with van der Waals surface area (Å²) in [4.78, 5) is 0. The Morgan fingerprint density at radius 2 is 2.27 bits per heavy atom. The second-order valence-electron chi connectivity index (χ2n) is 5.45. The number of nitrogens with zero attached hydrogens (tertiary/aromatic N) is 1. The molecule has 1 aliphatic heterocycles. The Kier molecular flexibility index (Phi) is 1.82. The fourth-order valence-electron chi connectivity index (χ4n) is 3.50. The number of hydrogen-bond donors (Lipinski definition) is 0. The first-order valence-corrected chi connectivity index (χ1v) is 5.93. The molecule has 0 N–H and O–H groups in total. The maximum Gasteiger partial charge on any atom is 0.135 e. The number of aryl methyl sites for hydroxylation is 1. The average molecular weight is 205 g/mol. The molecule has 0 amide bonds. The van der Waals surface area contributed by atoms with Gasteiger partial charge in [0.1, 0.15) is 5.60 Å². The third-order valence-corrected chi connectivity index (χ3v) is 4.06. The molecule has 0 bridgehead atoms. The normalized spacial score (nSPS) is 43.8. The summed E-state index contributed by atoms with van der Waals surface area (Å²) in [6.45, 7) is 4.67. The van der Waals surface area contributed by atoms with Gasteiger partial charge in [-0.05, 0) is 36.8 Å². The molecule has 0 aromatic carbocycles. The van der Waals surface area contributed by atoms with Crippen LogP contribution in [0.4, 0.5) is 0 Å². The van der Waals surface area contributed by atoms with Gasteiger partial charge in [-0.2, -0.15) is 0 Å². The van der Waals surface area contributed by atoms with Crippen LogP contribution in [-0.2, 0) is 17.4 Å². The van der Waals surface area contributed by atoms with Crippen molar-refractivity contribution in [1.82, 2.24) is 4.57 Å². The highest BCUT2D eigenvalue weighted by atomic mass is 16.6. The SMILES string of the molecule is C[C@@H]1C[C@H](C)[C@H]2O[C@@]2(c2cccn2C)C1. The molecule has 1 aromatic heterocycles. The summed E-state index contributed by atoms with van der Waals surface area (Å²) in [6.07, 6.45) is 5.10. The van der Waals surface area contributed by atoms with Gasteiger partial charge in [-0.15, -0.1) is 0 Å². The van der Waals surface area contributed by atoms with E-state index in [0.717, 1.165) is 5.92 Å². The van der Waals surface area contributed by atoms with Crippen molar-refractivity contribution in [3.8, 4) is 0 Å². The van der Waals surface area contributed by atoms with Crippen molar-refractivity contribution in [2.45, 2.75) is 38.4 Å². The van der Waals surface area contributed by atoms with Crippen molar-refractivity contribution in [1.29, 1.82) is 0 Å². The standard InChI is InChI=1S/C13H19NO/c1-9-7-10(2)12-13(8-9,15-12)11-5-4-6-14(11)3/h4-6,9-10,12H,7-8H2,1-3H3/t9-,10+,12-,13-/m1/s1. The fraction of sp³-hybridized carbons (Fsp3) is 0.692. The zero-order chi connectivity index (χ0) is 10.6. The number of hydrogen-bond acceptors (Lipinski definition) is 1. The van der Waals surface area contributed by atoms with Crippen LogP contribution in [0.15, 0.2) is 18.3 Å². The van der Waals surface area contributed by atoms with Crippen LogP contribution in [0, 0.1) is 11.8 Å². The first kappa shape index (κ1) is 9.46. The van der Waals surface area contributed by atoms with E-state index in [2.05, 4.69) is 43.8 Å². The third kappa shape index (κ3) is 1.21. The molecule has 1 aromatic rings. The van der Waals surface area contributed by atoms with Crippen LogP contribution in [0.5, 0.6) is 0 Å². The maximum absolute atomic E-state index is 6.05. The minimum absolute atomic E-state index is 0.0648. The molecule has 2 fully saturated rings. The molecular weight excluding hydrogens is 186 g/mol. The molecule has 2 heteroatoms. The molecule has 0 spiro atoms. The summed E-state index contributed by atoms with van der Waals surface area (Å²) in [5.74, 6) is 1.50. The smallest absolute Gasteiger partial charge is 0.135 e. The topological polar surface area (TPSA) is 17.5 Å². The lowest BCUT2D eigenvalue weighted by Gasteiger charge is -2.27. The van der Waals surface area contributed by atoms with Crippen LogP contribution in [0.2, 0.25) is 0 Å². The number of rotatable bonds is 1. The van der Waals surface area contributed by atoms with E-state index < -0.39 is 0 Å². The monoisotopic (exact) mass is 205 g/mol. The van der Waals surface area contributed by atoms with Crippen molar-refractivity contribution in [2.24, 2.45) is 18.9 Å². The second kappa shape index (κ2) is 2.88. The van der Waals surface area contributed by atoms with Gasteiger partial charge in [0, 0.05) is 13.2 Å². The molecule has 2 aliphatic rings. The Hall–Kier alpha value is -0.760. The lowest BCUT2D eigenvalue weighted by Crippen LogP contribution is -2.29. The van der Waals surface area contributed by atoms with E-state index in [0.29, 0.717) is 12.0 Å². The van der Waals surface area contributed by atoms with E-state index in [4.69, 9.17) is 4.74 Å². The van der Waals surface area contributed by atoms with E-state index in [1.165, 1.54) is 18.5 Å². The van der Waals surface area contributed by atoms with Crippen molar-refractivity contribution in [3.05, 3.63) is 24.0 Å². The molecule has 1 aliphatic carbocycles. The molecule has 1 saturated heterocycles. The molecule has 1 saturated carbocycles. The number of fused-ring (bicyclic) bond motifs is 1. The van der Waals surface area contributed by atoms with E-state index >= 15 is 0 Å². The lowest BCUT2D eigenvalue weighted by atomic mass is 9.75. The Morgan fingerprint density at radius 1 is 1.47 bits per heavy atom. The summed E-state index contributed by atoms with van der Waals surface area (Å²) in [6, 6.07) is 4.33. The summed E-state index contributed by atoms with van der Waals surface area (Å²) in [7, 11) is 2.12. The zero-order valence-corrected chi connectivity index (χ0v) is 9.73. The van der Waals surface area contributed by atoms with Crippen molar-refractivity contribution < 1.29 is 4.74 Å². The van der Waals surface area contributed by atoms with Gasteiger partial charge in [-0.3, -0.25) is 0 Å². The van der Waals surface area contributed by atoms with Crippen molar-refractivity contribution in [3.63, 3.8) is 0 Å². The summed E-state index contributed by atoms with van der Waals surface area (Å²) >= 11 is 0. The maximum atomic E-state index is 6.05. The van der Waals surface area contributed by atoms with E-state index in [-0.39, 0.29) is 5.60 Å². The summed E-state index contributed by atoms with van der Waals surface area (Å²) in [5, 5.41) is 0. The third-order valence-electron chi connectivity index (χ3n) is 4.06. The predicted octanol–water partition coefficient (Wildman–Crippen LogP) is 2.69. The molecule has 3 rings (SSSR count). The number of ether oxygens (including phenoxy) is 1. The summed E-state index contributed by atoms with van der Waals surface area (Å²) < 4.78 is 8.27. The largest absolute Gasteiger partial charge is 0.359 e. The van der Waals surface area contributed by atoms with Gasteiger partial charge >= 0.3 is 0 Å². The highest BCUT2D eigenvalue weighted by Gasteiger charge is 2.63. The van der Waals surface area contributed by atoms with Gasteiger partial charge in [0.25, 0.3) is 0 Å². The van der Waals surface area contributed by atoms with Gasteiger partial charge in [0.15, 0.2) is 0 Å². The lowest BCUT2D eigenvalue weighted by molar-refractivity contribution is 0.252. The second-order valence-corrected chi connectivity index (χ2v) is 5.45. The molecule has 82 valence electrons. The van der Waals surface area contributed by atoms with Crippen LogP contribution in [0.3, 0.4) is 0 Å². The van der Waals surface area contributed by atoms with Crippen LogP contribution in [-0.4, -0.2) is 10.7 Å². The van der Waals surface area contributed by atoms with Gasteiger partial charge in [-0.1, -0.05) is 13.8 Å². The number of aromatic nitrogens is 1. The zero-order valence-electron chi connectivity index (χ0n) is 9.73. The van der Waals surface area contributed by atoms with E-state index in [1.54, 1.807) is 0 Å². The first-order valence-electron chi connectivity index (χ1n) is 5.93. The Labute approximate surface area is 91.2 Å². The first-order chi connectivity index (χ1) is 7.13. The van der Waals surface area contributed by atoms with E-state index in [1.807, 2.05) is 0 Å². The van der Waals surface area contributed by atoms with Crippen molar-refractivity contribution in [2.75, 3.05) is 0 Å². The van der Waals surface area contributed by atoms with Gasteiger partial charge < -0.3 is 9.30 Å². The quantitative estimate of drug-likeness (QED) is 0.644. The molecule has 0 unspecified atom stereocenters. The Morgan fingerprint density at radius 3 is 2.93 bits per heavy atom. The van der Waals surface area contributed by atoms with Gasteiger partial charge in [0.05, 0.1) is 11.8 Å². The molecule has 15 heavy (non-hydrogen) atoms. The highest BCUT2D eigenvalue weighted by Crippen LogP contribution is 2.58. The van der Waals surface area contributed by atoms with Crippen LogP contribution in [0.25, 0.3) is 0 Å². The van der Waals surface area contributed by atoms with Gasteiger partial charge in [-0.25, -0.2) is 0 Å². The fourth-order valence-corrected chi connectivity index (χ4v) is 3.50. The van der Waals surface area contributed by atoms with Crippen LogP contribution < -0.4 is 0 Å². The van der Waals surface area contributed by atoms with Crippen molar-refractivity contribution >= 4 is 0 Å². The van der Waals surface area contributed by atoms with Gasteiger partial charge in [0.2, 0.25) is 0 Å². The van der Waals surface area contributed by atoms with E-state index in [9.17, 15) is 0 Å². The predicted molar refractivity (Wildman–Crippen MR) is 59.5 cm³/mol. The average Bonchev–Trinajstić information content (AvgIpc) is 2.73.